The van der Waals surface area contributed by atoms with E-state index in [0.29, 0.717) is 29.7 Å². The Hall–Kier alpha value is -0.570. The number of carbonyl (C=O) groups excluding carboxylic acids is 1. The predicted molar refractivity (Wildman–Crippen MR) is 90.6 cm³/mol. The van der Waals surface area contributed by atoms with Crippen molar-refractivity contribution in [1.82, 2.24) is 4.90 Å². The lowest BCUT2D eigenvalue weighted by molar-refractivity contribution is -0.144. The number of ether oxygens (including phenoxy) is 1. The summed E-state index contributed by atoms with van der Waals surface area (Å²) in [4.78, 5) is 15.5. The molecule has 0 aromatic carbocycles. The molecule has 22 heavy (non-hydrogen) atoms. The van der Waals surface area contributed by atoms with Crippen molar-refractivity contribution < 1.29 is 9.53 Å². The Kier molecular flexibility index (Phi) is 5.93. The lowest BCUT2D eigenvalue weighted by atomic mass is 9.74. The average molecular weight is 309 g/mol. The Morgan fingerprint density at radius 2 is 1.73 bits per heavy atom. The topological polar surface area (TPSA) is 29.5 Å². The molecule has 2 rings (SSSR count). The molecule has 3 heteroatoms. The smallest absolute Gasteiger partial charge is 0.226 e. The van der Waals surface area contributed by atoms with Crippen molar-refractivity contribution in [1.29, 1.82) is 0 Å². The minimum atomic E-state index is 0.173. The maximum Gasteiger partial charge on any atom is 0.226 e. The molecule has 0 aromatic heterocycles. The predicted octanol–water partition coefficient (Wildman–Crippen LogP) is 4.11. The van der Waals surface area contributed by atoms with Crippen LogP contribution in [0.4, 0.5) is 0 Å². The minimum absolute atomic E-state index is 0.173. The molecule has 0 spiro atoms. The molecule has 2 aliphatic rings. The van der Waals surface area contributed by atoms with Gasteiger partial charge in [-0.05, 0) is 57.8 Å². The zero-order valence-electron chi connectivity index (χ0n) is 15.3. The third-order valence-electron chi connectivity index (χ3n) is 5.85. The summed E-state index contributed by atoms with van der Waals surface area (Å²) in [5.74, 6) is 2.16. The molecule has 2 heterocycles. The van der Waals surface area contributed by atoms with E-state index in [4.69, 9.17) is 4.74 Å². The first-order chi connectivity index (χ1) is 10.3. The molecule has 0 radical (unpaired) electrons. The molecule has 6 atom stereocenters. The molecule has 0 aliphatic carbocycles. The first-order valence-electron chi connectivity index (χ1n) is 9.29. The third kappa shape index (κ3) is 3.84. The van der Waals surface area contributed by atoms with E-state index in [2.05, 4.69) is 46.4 Å². The fourth-order valence-electron chi connectivity index (χ4n) is 4.71. The van der Waals surface area contributed by atoms with Gasteiger partial charge >= 0.3 is 0 Å². The summed E-state index contributed by atoms with van der Waals surface area (Å²) in [6.45, 7) is 14.2. The van der Waals surface area contributed by atoms with Crippen molar-refractivity contribution in [2.75, 3.05) is 6.54 Å². The fraction of sp³-hybridized carbons (Fsp3) is 0.947. The lowest BCUT2D eigenvalue weighted by Crippen LogP contribution is -2.46. The van der Waals surface area contributed by atoms with Crippen LogP contribution < -0.4 is 0 Å². The second-order valence-corrected chi connectivity index (χ2v) is 8.08. The molecule has 2 fully saturated rings. The standard InChI is InChI=1S/C19H35NO2/c1-7-13(3)18(17-9-15(5)22-16(6)10-17)19(21)20-11-12(2)8-14(20)4/h12-18H,7-11H2,1-6H3/t12?,13?,14-,15?,16?,17?,18?/m1/s1. The summed E-state index contributed by atoms with van der Waals surface area (Å²) in [5.41, 5.74) is 0. The fourth-order valence-corrected chi connectivity index (χ4v) is 4.71. The van der Waals surface area contributed by atoms with Crippen molar-refractivity contribution in [3.8, 4) is 0 Å². The van der Waals surface area contributed by atoms with Crippen molar-refractivity contribution in [2.24, 2.45) is 23.7 Å². The Morgan fingerprint density at radius 3 is 2.18 bits per heavy atom. The van der Waals surface area contributed by atoms with Gasteiger partial charge in [-0.1, -0.05) is 27.2 Å². The maximum absolute atomic E-state index is 13.3. The van der Waals surface area contributed by atoms with Crippen LogP contribution in [0.3, 0.4) is 0 Å². The second kappa shape index (κ2) is 7.33. The van der Waals surface area contributed by atoms with E-state index in [9.17, 15) is 4.79 Å². The summed E-state index contributed by atoms with van der Waals surface area (Å²) in [6.07, 6.45) is 4.85. The van der Waals surface area contributed by atoms with Crippen LogP contribution in [0.15, 0.2) is 0 Å². The van der Waals surface area contributed by atoms with E-state index in [0.717, 1.165) is 32.2 Å². The molecule has 0 aromatic rings. The van der Waals surface area contributed by atoms with Gasteiger partial charge in [0.25, 0.3) is 0 Å². The van der Waals surface area contributed by atoms with E-state index in [1.807, 2.05) is 0 Å². The number of amides is 1. The highest BCUT2D eigenvalue weighted by Crippen LogP contribution is 2.38. The molecular formula is C19H35NO2. The molecule has 0 N–H and O–H groups in total. The van der Waals surface area contributed by atoms with E-state index >= 15 is 0 Å². The first kappa shape index (κ1) is 17.8. The first-order valence-corrected chi connectivity index (χ1v) is 9.29. The van der Waals surface area contributed by atoms with Gasteiger partial charge in [0.05, 0.1) is 12.2 Å². The number of likely N-dealkylation sites (tertiary alicyclic amines) is 1. The zero-order chi connectivity index (χ0) is 16.4. The maximum atomic E-state index is 13.3. The highest BCUT2D eigenvalue weighted by molar-refractivity contribution is 5.80. The molecule has 2 aliphatic heterocycles. The zero-order valence-corrected chi connectivity index (χ0v) is 15.3. The molecule has 3 nitrogen and oxygen atoms in total. The van der Waals surface area contributed by atoms with E-state index in [-0.39, 0.29) is 18.1 Å². The Balaban J connectivity index is 2.17. The average Bonchev–Trinajstić information content (AvgIpc) is 2.76. The van der Waals surface area contributed by atoms with Gasteiger partial charge in [-0.2, -0.15) is 0 Å². The second-order valence-electron chi connectivity index (χ2n) is 8.08. The van der Waals surface area contributed by atoms with Gasteiger partial charge in [0.15, 0.2) is 0 Å². The van der Waals surface area contributed by atoms with Crippen LogP contribution in [0.5, 0.6) is 0 Å². The highest BCUT2D eigenvalue weighted by atomic mass is 16.5. The summed E-state index contributed by atoms with van der Waals surface area (Å²) in [7, 11) is 0. The third-order valence-corrected chi connectivity index (χ3v) is 5.85. The molecule has 2 saturated heterocycles. The summed E-state index contributed by atoms with van der Waals surface area (Å²) >= 11 is 0. The normalized spacial score (nSPS) is 38.8. The van der Waals surface area contributed by atoms with Crippen molar-refractivity contribution in [3.05, 3.63) is 0 Å². The van der Waals surface area contributed by atoms with Crippen molar-refractivity contribution >= 4 is 5.91 Å². The van der Waals surface area contributed by atoms with Crippen LogP contribution in [0, 0.1) is 23.7 Å². The van der Waals surface area contributed by atoms with E-state index in [1.54, 1.807) is 0 Å². The van der Waals surface area contributed by atoms with Gasteiger partial charge in [-0.3, -0.25) is 4.79 Å². The Labute approximate surface area is 136 Å². The van der Waals surface area contributed by atoms with E-state index < -0.39 is 0 Å². The number of rotatable bonds is 4. The monoisotopic (exact) mass is 309 g/mol. The van der Waals surface area contributed by atoms with Crippen LogP contribution in [0.2, 0.25) is 0 Å². The number of hydrogen-bond donors (Lipinski definition) is 0. The summed E-state index contributed by atoms with van der Waals surface area (Å²) < 4.78 is 5.90. The van der Waals surface area contributed by atoms with Gasteiger partial charge in [0, 0.05) is 18.5 Å². The summed E-state index contributed by atoms with van der Waals surface area (Å²) in [5, 5.41) is 0. The molecule has 128 valence electrons. The van der Waals surface area contributed by atoms with Crippen LogP contribution in [-0.4, -0.2) is 35.6 Å². The van der Waals surface area contributed by atoms with Crippen molar-refractivity contribution in [2.45, 2.75) is 85.5 Å². The van der Waals surface area contributed by atoms with Crippen molar-refractivity contribution in [3.63, 3.8) is 0 Å². The van der Waals surface area contributed by atoms with Crippen LogP contribution in [0.1, 0.15) is 67.2 Å². The van der Waals surface area contributed by atoms with Gasteiger partial charge in [0.1, 0.15) is 0 Å². The number of carbonyl (C=O) groups is 1. The Bertz CT molecular complexity index is 374. The molecule has 0 saturated carbocycles. The molecule has 0 bridgehead atoms. The van der Waals surface area contributed by atoms with Gasteiger partial charge in [-0.15, -0.1) is 0 Å². The molecule has 1 amide bonds. The molecule has 5 unspecified atom stereocenters. The summed E-state index contributed by atoms with van der Waals surface area (Å²) in [6, 6.07) is 0.406. The van der Waals surface area contributed by atoms with Gasteiger partial charge in [-0.25, -0.2) is 0 Å². The number of nitrogens with zero attached hydrogens (tertiary/aromatic N) is 1. The van der Waals surface area contributed by atoms with Gasteiger partial charge in [0.2, 0.25) is 5.91 Å². The largest absolute Gasteiger partial charge is 0.376 e. The van der Waals surface area contributed by atoms with Gasteiger partial charge < -0.3 is 9.64 Å². The number of hydrogen-bond acceptors (Lipinski definition) is 2. The highest BCUT2D eigenvalue weighted by Gasteiger charge is 2.41. The quantitative estimate of drug-likeness (QED) is 0.782. The SMILES string of the molecule is CCC(C)C(C(=O)N1CC(C)C[C@H]1C)C1CC(C)OC(C)C1. The van der Waals surface area contributed by atoms with Crippen LogP contribution in [-0.2, 0) is 9.53 Å². The molecular weight excluding hydrogens is 274 g/mol. The van der Waals surface area contributed by atoms with Crippen LogP contribution >= 0.6 is 0 Å². The van der Waals surface area contributed by atoms with E-state index in [1.165, 1.54) is 0 Å². The van der Waals surface area contributed by atoms with Crippen LogP contribution in [0.25, 0.3) is 0 Å². The minimum Gasteiger partial charge on any atom is -0.376 e. The Morgan fingerprint density at radius 1 is 1.14 bits per heavy atom. The lowest BCUT2D eigenvalue weighted by Gasteiger charge is -2.40.